The number of nitrogens with one attached hydrogen (secondary N) is 1. The number of aryl methyl sites for hydroxylation is 1. The van der Waals surface area contributed by atoms with Crippen molar-refractivity contribution >= 4 is 22.8 Å². The summed E-state index contributed by atoms with van der Waals surface area (Å²) in [6.45, 7) is 2.53. The highest BCUT2D eigenvalue weighted by molar-refractivity contribution is 5.94. The van der Waals surface area contributed by atoms with E-state index in [2.05, 4.69) is 5.32 Å². The fourth-order valence-corrected chi connectivity index (χ4v) is 4.36. The maximum absolute atomic E-state index is 13.1. The van der Waals surface area contributed by atoms with Gasteiger partial charge in [0.2, 0.25) is 5.91 Å². The Morgan fingerprint density at radius 2 is 1.82 bits per heavy atom. The second-order valence-electron chi connectivity index (χ2n) is 8.49. The molecule has 4 rings (SSSR count). The molecule has 1 fully saturated rings. The number of methoxy groups -OCH3 is 1. The van der Waals surface area contributed by atoms with Crippen molar-refractivity contribution in [3.8, 4) is 5.75 Å². The molecule has 0 bridgehead atoms. The van der Waals surface area contributed by atoms with Gasteiger partial charge in [-0.3, -0.25) is 9.59 Å². The first-order valence-electron chi connectivity index (χ1n) is 11.8. The summed E-state index contributed by atoms with van der Waals surface area (Å²) in [5, 5.41) is 2.97. The van der Waals surface area contributed by atoms with Gasteiger partial charge in [-0.05, 0) is 49.6 Å². The number of para-hydroxylation sites is 2. The number of imidazole rings is 1. The van der Waals surface area contributed by atoms with Gasteiger partial charge < -0.3 is 19.5 Å². The van der Waals surface area contributed by atoms with Crippen molar-refractivity contribution < 1.29 is 14.3 Å². The second kappa shape index (κ2) is 11.0. The van der Waals surface area contributed by atoms with Gasteiger partial charge in [-0.2, -0.15) is 0 Å². The SMILES string of the molecule is COc1cccc(C(=O)NCCCc2nc3ccccc3n2CC(=O)N2CCCCCC2)c1. The van der Waals surface area contributed by atoms with Crippen molar-refractivity contribution in [2.24, 2.45) is 0 Å². The smallest absolute Gasteiger partial charge is 0.251 e. The minimum absolute atomic E-state index is 0.126. The molecular formula is C26H32N4O3. The molecular weight excluding hydrogens is 416 g/mol. The highest BCUT2D eigenvalue weighted by atomic mass is 16.5. The normalized spacial score (nSPS) is 14.2. The molecule has 0 aliphatic carbocycles. The third-order valence-corrected chi connectivity index (χ3v) is 6.18. The predicted molar refractivity (Wildman–Crippen MR) is 128 cm³/mol. The third-order valence-electron chi connectivity index (χ3n) is 6.18. The summed E-state index contributed by atoms with van der Waals surface area (Å²) >= 11 is 0. The average molecular weight is 449 g/mol. The molecule has 0 unspecified atom stereocenters. The number of amides is 2. The fourth-order valence-electron chi connectivity index (χ4n) is 4.36. The largest absolute Gasteiger partial charge is 0.497 e. The van der Waals surface area contributed by atoms with Crippen LogP contribution in [0.2, 0.25) is 0 Å². The molecule has 1 aromatic heterocycles. The number of ether oxygens (including phenoxy) is 1. The molecule has 0 atom stereocenters. The van der Waals surface area contributed by atoms with Crippen LogP contribution in [0.15, 0.2) is 48.5 Å². The number of fused-ring (bicyclic) bond motifs is 1. The summed E-state index contributed by atoms with van der Waals surface area (Å²) in [6, 6.07) is 15.1. The molecule has 1 aliphatic heterocycles. The van der Waals surface area contributed by atoms with E-state index in [0.29, 0.717) is 30.8 Å². The van der Waals surface area contributed by atoms with E-state index in [9.17, 15) is 9.59 Å². The molecule has 0 radical (unpaired) electrons. The molecule has 2 amide bonds. The van der Waals surface area contributed by atoms with Gasteiger partial charge in [-0.25, -0.2) is 4.98 Å². The lowest BCUT2D eigenvalue weighted by Crippen LogP contribution is -2.35. The van der Waals surface area contributed by atoms with Crippen molar-refractivity contribution in [1.29, 1.82) is 0 Å². The van der Waals surface area contributed by atoms with Gasteiger partial charge in [-0.1, -0.05) is 31.0 Å². The number of aromatic nitrogens is 2. The quantitative estimate of drug-likeness (QED) is 0.532. The zero-order chi connectivity index (χ0) is 23.0. The Labute approximate surface area is 194 Å². The Balaban J connectivity index is 1.40. The van der Waals surface area contributed by atoms with Crippen LogP contribution in [0.1, 0.15) is 48.3 Å². The van der Waals surface area contributed by atoms with Crippen LogP contribution in [0.4, 0.5) is 0 Å². The lowest BCUT2D eigenvalue weighted by atomic mass is 10.2. The number of hydrogen-bond donors (Lipinski definition) is 1. The minimum atomic E-state index is -0.126. The molecule has 33 heavy (non-hydrogen) atoms. The van der Waals surface area contributed by atoms with E-state index >= 15 is 0 Å². The first-order valence-corrected chi connectivity index (χ1v) is 11.8. The molecule has 2 aromatic carbocycles. The van der Waals surface area contributed by atoms with Crippen molar-refractivity contribution in [2.45, 2.75) is 45.1 Å². The molecule has 7 nitrogen and oxygen atoms in total. The number of benzene rings is 2. The van der Waals surface area contributed by atoms with Crippen molar-refractivity contribution in [3.63, 3.8) is 0 Å². The number of nitrogens with zero attached hydrogens (tertiary/aromatic N) is 3. The molecule has 1 N–H and O–H groups in total. The van der Waals surface area contributed by atoms with E-state index in [-0.39, 0.29) is 11.8 Å². The van der Waals surface area contributed by atoms with Gasteiger partial charge in [-0.15, -0.1) is 0 Å². The fraction of sp³-hybridized carbons (Fsp3) is 0.423. The lowest BCUT2D eigenvalue weighted by molar-refractivity contribution is -0.131. The molecule has 7 heteroatoms. The Morgan fingerprint density at radius 1 is 1.03 bits per heavy atom. The maximum Gasteiger partial charge on any atom is 0.251 e. The van der Waals surface area contributed by atoms with Crippen LogP contribution < -0.4 is 10.1 Å². The summed E-state index contributed by atoms with van der Waals surface area (Å²) in [5.74, 6) is 1.58. The summed E-state index contributed by atoms with van der Waals surface area (Å²) in [5.41, 5.74) is 2.46. The summed E-state index contributed by atoms with van der Waals surface area (Å²) in [7, 11) is 1.58. The van der Waals surface area contributed by atoms with Crippen molar-refractivity contribution in [1.82, 2.24) is 19.8 Å². The highest BCUT2D eigenvalue weighted by Crippen LogP contribution is 2.19. The first-order chi connectivity index (χ1) is 16.2. The molecule has 0 saturated carbocycles. The Morgan fingerprint density at radius 3 is 2.61 bits per heavy atom. The van der Waals surface area contributed by atoms with Crippen LogP contribution in [0.5, 0.6) is 5.75 Å². The van der Waals surface area contributed by atoms with Gasteiger partial charge in [0.1, 0.15) is 18.1 Å². The van der Waals surface area contributed by atoms with Crippen molar-refractivity contribution in [3.05, 3.63) is 59.9 Å². The standard InChI is InChI=1S/C26H32N4O3/c1-33-21-11-8-10-20(18-21)26(32)27-15-9-14-24-28-22-12-4-5-13-23(22)30(24)19-25(31)29-16-6-2-3-7-17-29/h4-5,8,10-13,18H,2-3,6-7,9,14-17,19H2,1H3,(H,27,32). The summed E-state index contributed by atoms with van der Waals surface area (Å²) in [6.07, 6.45) is 5.97. The zero-order valence-corrected chi connectivity index (χ0v) is 19.3. The van der Waals surface area contributed by atoms with Crippen LogP contribution >= 0.6 is 0 Å². The van der Waals surface area contributed by atoms with Gasteiger partial charge in [0, 0.05) is 31.6 Å². The monoisotopic (exact) mass is 448 g/mol. The van der Waals surface area contributed by atoms with Crippen LogP contribution in [-0.2, 0) is 17.8 Å². The van der Waals surface area contributed by atoms with E-state index in [4.69, 9.17) is 9.72 Å². The Kier molecular flexibility index (Phi) is 7.60. The zero-order valence-electron chi connectivity index (χ0n) is 19.3. The average Bonchev–Trinajstić information content (AvgIpc) is 3.01. The van der Waals surface area contributed by atoms with E-state index in [0.717, 1.165) is 49.2 Å². The molecule has 1 saturated heterocycles. The topological polar surface area (TPSA) is 76.5 Å². The van der Waals surface area contributed by atoms with Crippen molar-refractivity contribution in [2.75, 3.05) is 26.7 Å². The van der Waals surface area contributed by atoms with E-state index in [1.165, 1.54) is 12.8 Å². The van der Waals surface area contributed by atoms with Gasteiger partial charge in [0.25, 0.3) is 5.91 Å². The Bertz CT molecular complexity index is 1100. The predicted octanol–water partition coefficient (Wildman–Crippen LogP) is 3.81. The van der Waals surface area contributed by atoms with Gasteiger partial charge in [0.05, 0.1) is 18.1 Å². The molecule has 1 aliphatic rings. The van der Waals surface area contributed by atoms with E-state index in [1.807, 2.05) is 39.8 Å². The van der Waals surface area contributed by atoms with Gasteiger partial charge >= 0.3 is 0 Å². The van der Waals surface area contributed by atoms with Crippen LogP contribution in [-0.4, -0.2) is 53.0 Å². The number of hydrogen-bond acceptors (Lipinski definition) is 4. The number of carbonyl (C=O) groups is 2. The van der Waals surface area contributed by atoms with Crippen LogP contribution in [0.25, 0.3) is 11.0 Å². The summed E-state index contributed by atoms with van der Waals surface area (Å²) < 4.78 is 7.24. The minimum Gasteiger partial charge on any atom is -0.497 e. The number of likely N-dealkylation sites (tertiary alicyclic amines) is 1. The highest BCUT2D eigenvalue weighted by Gasteiger charge is 2.19. The van der Waals surface area contributed by atoms with Gasteiger partial charge in [0.15, 0.2) is 0 Å². The summed E-state index contributed by atoms with van der Waals surface area (Å²) in [4.78, 5) is 32.3. The number of rotatable bonds is 8. The van der Waals surface area contributed by atoms with E-state index in [1.54, 1.807) is 25.3 Å². The first kappa shape index (κ1) is 22.8. The maximum atomic E-state index is 13.1. The third kappa shape index (κ3) is 5.72. The molecule has 0 spiro atoms. The molecule has 3 aromatic rings. The number of carbonyl (C=O) groups excluding carboxylic acids is 2. The second-order valence-corrected chi connectivity index (χ2v) is 8.49. The molecule has 2 heterocycles. The van der Waals surface area contributed by atoms with E-state index < -0.39 is 0 Å². The lowest BCUT2D eigenvalue weighted by Gasteiger charge is -2.21. The Hall–Kier alpha value is -3.35. The van der Waals surface area contributed by atoms with Crippen LogP contribution in [0, 0.1) is 0 Å². The molecule has 174 valence electrons. The van der Waals surface area contributed by atoms with Crippen LogP contribution in [0.3, 0.4) is 0 Å².